The molecule has 0 unspecified atom stereocenters. The Hall–Kier alpha value is -1.69. The molecule has 0 aliphatic heterocycles. The van der Waals surface area contributed by atoms with E-state index in [1.807, 2.05) is 24.9 Å². The van der Waals surface area contributed by atoms with Gasteiger partial charge < -0.3 is 10.1 Å². The second-order valence-corrected chi connectivity index (χ2v) is 4.89. The van der Waals surface area contributed by atoms with Crippen molar-refractivity contribution in [3.63, 3.8) is 0 Å². The van der Waals surface area contributed by atoms with Crippen LogP contribution in [0.3, 0.4) is 0 Å². The minimum Gasteiger partial charge on any atom is -0.478 e. The molecule has 0 fully saturated rings. The number of aryl methyl sites for hydroxylation is 2. The summed E-state index contributed by atoms with van der Waals surface area (Å²) >= 11 is 0. The molecule has 0 amide bonds. The van der Waals surface area contributed by atoms with Crippen molar-refractivity contribution < 1.29 is 4.74 Å². The third-order valence-electron chi connectivity index (χ3n) is 3.00. The van der Waals surface area contributed by atoms with Gasteiger partial charge in [-0.25, -0.2) is 0 Å². The lowest BCUT2D eigenvalue weighted by molar-refractivity contribution is 0.393. The van der Waals surface area contributed by atoms with Crippen molar-refractivity contribution in [2.24, 2.45) is 7.05 Å². The van der Waals surface area contributed by atoms with Crippen LogP contribution in [0.4, 0.5) is 5.69 Å². The summed E-state index contributed by atoms with van der Waals surface area (Å²) in [6.45, 7) is 6.97. The molecule has 2 aromatic rings. The lowest BCUT2D eigenvalue weighted by atomic mass is 10.2. The Morgan fingerprint density at radius 2 is 2.00 bits per heavy atom. The van der Waals surface area contributed by atoms with Crippen LogP contribution in [0.5, 0.6) is 5.88 Å². The lowest BCUT2D eigenvalue weighted by Crippen LogP contribution is -2.01. The van der Waals surface area contributed by atoms with Gasteiger partial charge >= 0.3 is 0 Å². The molecule has 0 bridgehead atoms. The van der Waals surface area contributed by atoms with E-state index in [2.05, 4.69) is 35.6 Å². The third kappa shape index (κ3) is 3.45. The highest BCUT2D eigenvalue weighted by atomic mass is 35.5. The summed E-state index contributed by atoms with van der Waals surface area (Å²) in [5.41, 5.74) is 3.12. The monoisotopic (exact) mass is 299 g/mol. The highest BCUT2D eigenvalue weighted by molar-refractivity contribution is 5.85. The number of rotatable bonds is 5. The normalized spacial score (nSPS) is 10.5. The second-order valence-electron chi connectivity index (χ2n) is 4.89. The van der Waals surface area contributed by atoms with Crippen LogP contribution in [0.1, 0.15) is 31.1 Å². The fourth-order valence-electron chi connectivity index (χ4n) is 1.89. The van der Waals surface area contributed by atoms with Crippen LogP contribution in [0.15, 0.2) is 12.4 Å². The van der Waals surface area contributed by atoms with Gasteiger partial charge in [0.05, 0.1) is 19.0 Å². The summed E-state index contributed by atoms with van der Waals surface area (Å²) in [6.07, 6.45) is 3.98. The largest absolute Gasteiger partial charge is 0.478 e. The Bertz CT molecular complexity index is 561. The molecule has 0 spiro atoms. The van der Waals surface area contributed by atoms with E-state index in [-0.39, 0.29) is 12.4 Å². The number of anilines is 1. The average Bonchev–Trinajstić information content (AvgIpc) is 2.90. The van der Waals surface area contributed by atoms with E-state index in [4.69, 9.17) is 4.74 Å². The topological polar surface area (TPSA) is 56.9 Å². The van der Waals surface area contributed by atoms with Crippen molar-refractivity contribution in [2.45, 2.75) is 33.4 Å². The Morgan fingerprint density at radius 1 is 1.30 bits per heavy atom. The van der Waals surface area contributed by atoms with Crippen LogP contribution in [-0.2, 0) is 13.6 Å². The molecule has 0 saturated carbocycles. The maximum Gasteiger partial charge on any atom is 0.256 e. The molecular weight excluding hydrogens is 278 g/mol. The van der Waals surface area contributed by atoms with Crippen LogP contribution in [0, 0.1) is 6.92 Å². The summed E-state index contributed by atoms with van der Waals surface area (Å²) in [4.78, 5) is 0. The minimum absolute atomic E-state index is 0. The molecular formula is C13H22ClN5O. The molecule has 0 radical (unpaired) electrons. The smallest absolute Gasteiger partial charge is 0.256 e. The van der Waals surface area contributed by atoms with E-state index >= 15 is 0 Å². The molecule has 2 rings (SSSR count). The van der Waals surface area contributed by atoms with Gasteiger partial charge in [0.2, 0.25) is 0 Å². The van der Waals surface area contributed by atoms with Gasteiger partial charge in [0, 0.05) is 31.4 Å². The quantitative estimate of drug-likeness (QED) is 0.922. The molecule has 7 heteroatoms. The summed E-state index contributed by atoms with van der Waals surface area (Å²) in [7, 11) is 3.49. The van der Waals surface area contributed by atoms with Gasteiger partial charge in [-0.2, -0.15) is 5.10 Å². The summed E-state index contributed by atoms with van der Waals surface area (Å²) < 4.78 is 8.92. The van der Waals surface area contributed by atoms with E-state index < -0.39 is 0 Å². The molecule has 0 atom stereocenters. The number of hydrogen-bond donors (Lipinski definition) is 1. The van der Waals surface area contributed by atoms with Gasteiger partial charge in [0.15, 0.2) is 0 Å². The van der Waals surface area contributed by atoms with Crippen molar-refractivity contribution in [3.05, 3.63) is 23.7 Å². The Kier molecular flexibility index (Phi) is 5.44. The Labute approximate surface area is 125 Å². The molecule has 20 heavy (non-hydrogen) atoms. The fraction of sp³-hybridized carbons (Fsp3) is 0.538. The first-order valence-electron chi connectivity index (χ1n) is 6.37. The fourth-order valence-corrected chi connectivity index (χ4v) is 1.89. The average molecular weight is 300 g/mol. The van der Waals surface area contributed by atoms with Crippen LogP contribution in [0.25, 0.3) is 0 Å². The first-order valence-corrected chi connectivity index (χ1v) is 6.37. The minimum atomic E-state index is 0. The van der Waals surface area contributed by atoms with Crippen molar-refractivity contribution in [1.29, 1.82) is 0 Å². The van der Waals surface area contributed by atoms with E-state index in [9.17, 15) is 0 Å². The van der Waals surface area contributed by atoms with Crippen LogP contribution >= 0.6 is 12.4 Å². The van der Waals surface area contributed by atoms with Crippen LogP contribution in [-0.4, -0.2) is 26.7 Å². The van der Waals surface area contributed by atoms with Crippen LogP contribution < -0.4 is 10.1 Å². The molecule has 0 saturated heterocycles. The standard InChI is InChI=1S/C13H21N5O.ClH/c1-9(2)18-7-11(10(3)15-18)6-14-12-8-17(4)16-13(12)19-5;/h7-9,14H,6H2,1-5H3;1H. The van der Waals surface area contributed by atoms with Crippen molar-refractivity contribution in [2.75, 3.05) is 12.4 Å². The van der Waals surface area contributed by atoms with E-state index in [1.54, 1.807) is 11.8 Å². The maximum absolute atomic E-state index is 5.21. The zero-order valence-electron chi connectivity index (χ0n) is 12.5. The predicted molar refractivity (Wildman–Crippen MR) is 81.7 cm³/mol. The first-order chi connectivity index (χ1) is 9.01. The predicted octanol–water partition coefficient (Wildman–Crippen LogP) is 2.55. The van der Waals surface area contributed by atoms with Gasteiger partial charge in [0.25, 0.3) is 5.88 Å². The van der Waals surface area contributed by atoms with Gasteiger partial charge in [-0.05, 0) is 20.8 Å². The molecule has 1 N–H and O–H groups in total. The highest BCUT2D eigenvalue weighted by Gasteiger charge is 2.10. The second kappa shape index (κ2) is 6.65. The van der Waals surface area contributed by atoms with Crippen molar-refractivity contribution >= 4 is 18.1 Å². The zero-order valence-corrected chi connectivity index (χ0v) is 13.4. The van der Waals surface area contributed by atoms with Crippen LogP contribution in [0.2, 0.25) is 0 Å². The van der Waals surface area contributed by atoms with Gasteiger partial charge in [-0.3, -0.25) is 9.36 Å². The summed E-state index contributed by atoms with van der Waals surface area (Å²) in [5.74, 6) is 0.608. The number of ether oxygens (including phenoxy) is 1. The molecule has 2 heterocycles. The number of halogens is 1. The van der Waals surface area contributed by atoms with E-state index in [0.29, 0.717) is 18.5 Å². The summed E-state index contributed by atoms with van der Waals surface area (Å²) in [5, 5.41) is 12.0. The number of methoxy groups -OCH3 is 1. The van der Waals surface area contributed by atoms with E-state index in [0.717, 1.165) is 11.4 Å². The molecule has 0 aliphatic rings. The Morgan fingerprint density at radius 3 is 2.55 bits per heavy atom. The maximum atomic E-state index is 5.21. The van der Waals surface area contributed by atoms with Gasteiger partial charge in [0.1, 0.15) is 5.69 Å². The lowest BCUT2D eigenvalue weighted by Gasteiger charge is -2.05. The van der Waals surface area contributed by atoms with Crippen molar-refractivity contribution in [1.82, 2.24) is 19.6 Å². The zero-order chi connectivity index (χ0) is 14.0. The summed E-state index contributed by atoms with van der Waals surface area (Å²) in [6, 6.07) is 0.375. The molecule has 6 nitrogen and oxygen atoms in total. The number of aromatic nitrogens is 4. The number of nitrogens with zero attached hydrogens (tertiary/aromatic N) is 4. The SMILES string of the molecule is COc1nn(C)cc1NCc1cn(C(C)C)nc1C.Cl. The first kappa shape index (κ1) is 16.4. The number of nitrogens with one attached hydrogen (secondary N) is 1. The van der Waals surface area contributed by atoms with E-state index in [1.165, 1.54) is 5.56 Å². The number of hydrogen-bond acceptors (Lipinski definition) is 4. The highest BCUT2D eigenvalue weighted by Crippen LogP contribution is 2.22. The van der Waals surface area contributed by atoms with Crippen molar-refractivity contribution in [3.8, 4) is 5.88 Å². The third-order valence-corrected chi connectivity index (χ3v) is 3.00. The molecule has 0 aromatic carbocycles. The van der Waals surface area contributed by atoms with Gasteiger partial charge in [-0.15, -0.1) is 17.5 Å². The Balaban J connectivity index is 0.00000200. The molecule has 112 valence electrons. The van der Waals surface area contributed by atoms with Gasteiger partial charge in [-0.1, -0.05) is 0 Å². The molecule has 2 aromatic heterocycles. The molecule has 0 aliphatic carbocycles.